The minimum atomic E-state index is -3.49. The fourth-order valence-corrected chi connectivity index (χ4v) is 4.76. The van der Waals surface area contributed by atoms with Gasteiger partial charge < -0.3 is 4.90 Å². The summed E-state index contributed by atoms with van der Waals surface area (Å²) in [5.74, 6) is 0. The highest BCUT2D eigenvalue weighted by molar-refractivity contribution is 7.91. The van der Waals surface area contributed by atoms with Gasteiger partial charge in [0, 0.05) is 22.5 Å². The Morgan fingerprint density at radius 2 is 1.91 bits per heavy atom. The van der Waals surface area contributed by atoms with E-state index in [0.29, 0.717) is 9.23 Å². The van der Waals surface area contributed by atoms with Crippen LogP contribution in [0.3, 0.4) is 0 Å². The smallest absolute Gasteiger partial charge is 0.250 e. The number of thiophene rings is 1. The third-order valence-electron chi connectivity index (χ3n) is 3.33. The zero-order chi connectivity index (χ0) is 16.3. The van der Waals surface area contributed by atoms with Gasteiger partial charge in [-0.3, -0.25) is 0 Å². The minimum Gasteiger partial charge on any atom is -0.301 e. The molecule has 7 heteroatoms. The quantitative estimate of drug-likeness (QED) is 0.862. The van der Waals surface area contributed by atoms with Crippen LogP contribution in [0.5, 0.6) is 0 Å². The van der Waals surface area contributed by atoms with E-state index < -0.39 is 10.0 Å². The Kier molecular flexibility index (Phi) is 5.63. The molecule has 0 saturated heterocycles. The Bertz CT molecular complexity index is 742. The summed E-state index contributed by atoms with van der Waals surface area (Å²) < 4.78 is 27.7. The van der Waals surface area contributed by atoms with E-state index in [4.69, 9.17) is 11.6 Å². The average molecular weight is 359 g/mol. The van der Waals surface area contributed by atoms with E-state index in [1.165, 1.54) is 11.3 Å². The van der Waals surface area contributed by atoms with Crippen LogP contribution < -0.4 is 4.72 Å². The Hall–Kier alpha value is -0.920. The van der Waals surface area contributed by atoms with Gasteiger partial charge in [-0.1, -0.05) is 29.8 Å². The SMILES string of the molecule is Cc1ccc(S(=O)(=O)NCC(c2ccccc2Cl)N(C)C)s1. The van der Waals surface area contributed by atoms with E-state index in [2.05, 4.69) is 4.72 Å². The molecule has 0 spiro atoms. The number of hydrogen-bond acceptors (Lipinski definition) is 4. The van der Waals surface area contributed by atoms with Gasteiger partial charge in [0.2, 0.25) is 10.0 Å². The molecule has 0 amide bonds. The van der Waals surface area contributed by atoms with Gasteiger partial charge in [-0.25, -0.2) is 13.1 Å². The van der Waals surface area contributed by atoms with Crippen LogP contribution >= 0.6 is 22.9 Å². The van der Waals surface area contributed by atoms with Crippen molar-refractivity contribution in [2.24, 2.45) is 0 Å². The molecule has 0 saturated carbocycles. The first-order chi connectivity index (χ1) is 10.3. The lowest BCUT2D eigenvalue weighted by Gasteiger charge is -2.25. The van der Waals surface area contributed by atoms with Gasteiger partial charge in [0.15, 0.2) is 0 Å². The summed E-state index contributed by atoms with van der Waals surface area (Å²) in [5.41, 5.74) is 0.902. The van der Waals surface area contributed by atoms with Crippen LogP contribution in [-0.4, -0.2) is 34.0 Å². The molecule has 0 radical (unpaired) electrons. The number of aryl methyl sites for hydroxylation is 1. The Morgan fingerprint density at radius 1 is 1.23 bits per heavy atom. The van der Waals surface area contributed by atoms with Crippen LogP contribution in [0.2, 0.25) is 5.02 Å². The third-order valence-corrected chi connectivity index (χ3v) is 6.60. The van der Waals surface area contributed by atoms with E-state index in [1.54, 1.807) is 12.1 Å². The Labute approximate surface area is 140 Å². The van der Waals surface area contributed by atoms with Gasteiger partial charge in [-0.2, -0.15) is 0 Å². The van der Waals surface area contributed by atoms with Crippen molar-refractivity contribution in [1.29, 1.82) is 0 Å². The molecule has 2 aromatic rings. The average Bonchev–Trinajstić information content (AvgIpc) is 2.88. The molecular formula is C15H19ClN2O2S2. The van der Waals surface area contributed by atoms with Crippen molar-refractivity contribution in [1.82, 2.24) is 9.62 Å². The summed E-state index contributed by atoms with van der Waals surface area (Å²) in [6.45, 7) is 2.14. The van der Waals surface area contributed by atoms with E-state index >= 15 is 0 Å². The molecule has 1 atom stereocenters. The number of benzene rings is 1. The molecule has 1 heterocycles. The fraction of sp³-hybridized carbons (Fsp3) is 0.333. The minimum absolute atomic E-state index is 0.135. The second-order valence-corrected chi connectivity index (χ2v) is 8.91. The molecule has 22 heavy (non-hydrogen) atoms. The maximum absolute atomic E-state index is 12.3. The first-order valence-electron chi connectivity index (χ1n) is 6.78. The zero-order valence-corrected chi connectivity index (χ0v) is 15.1. The van der Waals surface area contributed by atoms with Crippen molar-refractivity contribution in [3.8, 4) is 0 Å². The van der Waals surface area contributed by atoms with Crippen molar-refractivity contribution in [2.75, 3.05) is 20.6 Å². The second kappa shape index (κ2) is 7.10. The van der Waals surface area contributed by atoms with E-state index in [1.807, 2.05) is 50.2 Å². The number of hydrogen-bond donors (Lipinski definition) is 1. The van der Waals surface area contributed by atoms with Gasteiger partial charge in [-0.05, 0) is 44.8 Å². The van der Waals surface area contributed by atoms with E-state index in [0.717, 1.165) is 10.4 Å². The maximum Gasteiger partial charge on any atom is 0.250 e. The predicted molar refractivity (Wildman–Crippen MR) is 92.1 cm³/mol. The molecular weight excluding hydrogens is 340 g/mol. The van der Waals surface area contributed by atoms with Crippen LogP contribution in [0.25, 0.3) is 0 Å². The zero-order valence-electron chi connectivity index (χ0n) is 12.7. The number of likely N-dealkylation sites (N-methyl/N-ethyl adjacent to an activating group) is 1. The number of halogens is 1. The molecule has 0 fully saturated rings. The summed E-state index contributed by atoms with van der Waals surface area (Å²) >= 11 is 7.50. The molecule has 0 aliphatic rings. The van der Waals surface area contributed by atoms with Crippen LogP contribution in [0, 0.1) is 6.92 Å². The van der Waals surface area contributed by atoms with Gasteiger partial charge in [0.05, 0.1) is 0 Å². The van der Waals surface area contributed by atoms with Crippen molar-refractivity contribution in [3.05, 3.63) is 51.9 Å². The van der Waals surface area contributed by atoms with Crippen LogP contribution in [-0.2, 0) is 10.0 Å². The fourth-order valence-electron chi connectivity index (χ4n) is 2.13. The largest absolute Gasteiger partial charge is 0.301 e. The molecule has 2 rings (SSSR count). The molecule has 1 unspecified atom stereocenters. The summed E-state index contributed by atoms with van der Waals surface area (Å²) in [5, 5.41) is 0.632. The summed E-state index contributed by atoms with van der Waals surface area (Å²) in [6, 6.07) is 10.8. The highest BCUT2D eigenvalue weighted by Crippen LogP contribution is 2.26. The lowest BCUT2D eigenvalue weighted by Crippen LogP contribution is -2.34. The first kappa shape index (κ1) is 17.4. The predicted octanol–water partition coefficient (Wildman–Crippen LogP) is 3.29. The Morgan fingerprint density at radius 3 is 2.45 bits per heavy atom. The van der Waals surface area contributed by atoms with Gasteiger partial charge in [0.1, 0.15) is 4.21 Å². The molecule has 4 nitrogen and oxygen atoms in total. The lowest BCUT2D eigenvalue weighted by molar-refractivity contribution is 0.299. The molecule has 0 bridgehead atoms. The summed E-state index contributed by atoms with van der Waals surface area (Å²) in [4.78, 5) is 2.92. The van der Waals surface area contributed by atoms with Crippen LogP contribution in [0.15, 0.2) is 40.6 Å². The molecule has 0 aliphatic heterocycles. The number of nitrogens with one attached hydrogen (secondary N) is 1. The molecule has 1 aromatic heterocycles. The van der Waals surface area contributed by atoms with Crippen molar-refractivity contribution < 1.29 is 8.42 Å². The molecule has 0 aliphatic carbocycles. The molecule has 1 aromatic carbocycles. The second-order valence-electron chi connectivity index (χ2n) is 5.22. The number of sulfonamides is 1. The number of rotatable bonds is 6. The van der Waals surface area contributed by atoms with Gasteiger partial charge >= 0.3 is 0 Å². The monoisotopic (exact) mass is 358 g/mol. The van der Waals surface area contributed by atoms with Crippen molar-refractivity contribution in [3.63, 3.8) is 0 Å². The standard InChI is InChI=1S/C15H19ClN2O2S2/c1-11-8-9-15(21-11)22(19,20)17-10-14(18(2)3)12-6-4-5-7-13(12)16/h4-9,14,17H,10H2,1-3H3. The van der Waals surface area contributed by atoms with Crippen molar-refractivity contribution >= 4 is 33.0 Å². The first-order valence-corrected chi connectivity index (χ1v) is 9.46. The molecule has 1 N–H and O–H groups in total. The normalized spacial score (nSPS) is 13.5. The summed E-state index contributed by atoms with van der Waals surface area (Å²) in [6.07, 6.45) is 0. The van der Waals surface area contributed by atoms with Crippen molar-refractivity contribution in [2.45, 2.75) is 17.2 Å². The van der Waals surface area contributed by atoms with E-state index in [-0.39, 0.29) is 12.6 Å². The van der Waals surface area contributed by atoms with Crippen LogP contribution in [0.4, 0.5) is 0 Å². The van der Waals surface area contributed by atoms with E-state index in [9.17, 15) is 8.42 Å². The van der Waals surface area contributed by atoms with Gasteiger partial charge in [-0.15, -0.1) is 11.3 Å². The third kappa shape index (κ3) is 4.08. The Balaban J connectivity index is 2.18. The number of nitrogens with zero attached hydrogens (tertiary/aromatic N) is 1. The lowest BCUT2D eigenvalue weighted by atomic mass is 10.1. The topological polar surface area (TPSA) is 49.4 Å². The summed E-state index contributed by atoms with van der Waals surface area (Å²) in [7, 11) is 0.311. The highest BCUT2D eigenvalue weighted by Gasteiger charge is 2.22. The maximum atomic E-state index is 12.3. The van der Waals surface area contributed by atoms with Crippen LogP contribution in [0.1, 0.15) is 16.5 Å². The van der Waals surface area contributed by atoms with Gasteiger partial charge in [0.25, 0.3) is 0 Å². The highest BCUT2D eigenvalue weighted by atomic mass is 35.5. The molecule has 120 valence electrons.